The fourth-order valence-corrected chi connectivity index (χ4v) is 8.35. The second kappa shape index (κ2) is 23.9. The lowest BCUT2D eigenvalue weighted by Crippen LogP contribution is -2.45. The number of alkyl halides is 6. The highest BCUT2D eigenvalue weighted by molar-refractivity contribution is 7.94. The zero-order valence-electron chi connectivity index (χ0n) is 39.5. The maximum absolute atomic E-state index is 13.6. The van der Waals surface area contributed by atoms with Crippen molar-refractivity contribution in [3.8, 4) is 22.9 Å². The molecule has 16 nitrogen and oxygen atoms in total. The molecule has 0 spiro atoms. The van der Waals surface area contributed by atoms with Gasteiger partial charge < -0.3 is 29.0 Å². The van der Waals surface area contributed by atoms with Gasteiger partial charge in [0.05, 0.1) is 74.8 Å². The molecule has 2 aromatic heterocycles. The summed E-state index contributed by atoms with van der Waals surface area (Å²) in [6, 6.07) is 18.9. The number of halogens is 6. The van der Waals surface area contributed by atoms with Crippen LogP contribution in [0.25, 0.3) is 32.6 Å². The quantitative estimate of drug-likeness (QED) is 0.0185. The second-order valence-corrected chi connectivity index (χ2v) is 23.1. The molecular weight excluding hydrogens is 999 g/mol. The van der Waals surface area contributed by atoms with Crippen LogP contribution in [0.2, 0.25) is 18.1 Å². The van der Waals surface area contributed by atoms with Gasteiger partial charge in [-0.3, -0.25) is 0 Å². The Morgan fingerprint density at radius 3 is 1.38 bits per heavy atom. The molecule has 0 aliphatic heterocycles. The fourth-order valence-electron chi connectivity index (χ4n) is 6.14. The molecule has 6 rings (SSSR count). The smallest absolute Gasteiger partial charge is 0.407 e. The zero-order valence-corrected chi connectivity index (χ0v) is 42.1. The van der Waals surface area contributed by atoms with Crippen molar-refractivity contribution in [3.63, 3.8) is 0 Å². The lowest BCUT2D eigenvalue weighted by Gasteiger charge is -2.40. The Kier molecular flexibility index (Phi) is 18.9. The van der Waals surface area contributed by atoms with Gasteiger partial charge in [-0.15, -0.1) is 20.4 Å². The molecular formula is C46H48F6N8O8S2Si. The largest absolute Gasteiger partial charge is 0.418 e. The van der Waals surface area contributed by atoms with E-state index in [9.17, 15) is 31.4 Å². The van der Waals surface area contributed by atoms with Crippen LogP contribution >= 0.6 is 24.1 Å². The van der Waals surface area contributed by atoms with Gasteiger partial charge >= 0.3 is 12.4 Å². The normalized spacial score (nSPS) is 13.8. The van der Waals surface area contributed by atoms with Crippen molar-refractivity contribution in [1.82, 2.24) is 20.4 Å². The maximum Gasteiger partial charge on any atom is 0.407 e. The lowest BCUT2D eigenvalue weighted by atomic mass is 10.1. The fraction of sp³-hybridized carbons (Fsp3) is 0.348. The van der Waals surface area contributed by atoms with Crippen LogP contribution < -0.4 is 10.6 Å². The number of aromatic nitrogens is 4. The van der Waals surface area contributed by atoms with Crippen molar-refractivity contribution in [2.24, 2.45) is 0 Å². The highest BCUT2D eigenvalue weighted by Crippen LogP contribution is 2.42. The minimum absolute atomic E-state index is 0.0148. The van der Waals surface area contributed by atoms with E-state index >= 15 is 0 Å². The van der Waals surface area contributed by atoms with Crippen LogP contribution in [0, 0.1) is 13.1 Å². The van der Waals surface area contributed by atoms with Crippen molar-refractivity contribution < 1.29 is 63.2 Å². The molecule has 6 aromatic rings. The predicted octanol–water partition coefficient (Wildman–Crippen LogP) is 13.9. The second-order valence-electron chi connectivity index (χ2n) is 16.8. The number of nitrogens with one attached hydrogen (secondary N) is 2. The van der Waals surface area contributed by atoms with Gasteiger partial charge in [-0.25, -0.2) is 19.5 Å². The first-order chi connectivity index (χ1) is 33.4. The SMILES string of the molecule is [C-]#[N+]c1ccc(N[C@@H](c2nnc(-c3ccc(SOOC)cc3)o2)[C@@H](C)O)cc1C(F)(F)F.[C-]#[N+]c1ccc(N[C@@H](c2nnc(-c3ccc(SOOC)cc3)o2)[C@@H](C)O[Si](C)(C)C(C)(C)C)cc1C(F)(F)F. The monoisotopic (exact) mass is 1050 g/mol. The molecule has 0 saturated carbocycles. The third kappa shape index (κ3) is 15.0. The summed E-state index contributed by atoms with van der Waals surface area (Å²) >= 11 is 2.06. The van der Waals surface area contributed by atoms with E-state index in [1.807, 2.05) is 6.92 Å². The summed E-state index contributed by atoms with van der Waals surface area (Å²) in [5, 5.41) is 32.2. The Bertz CT molecular complexity index is 2780. The van der Waals surface area contributed by atoms with E-state index in [1.54, 1.807) is 48.5 Å². The third-order valence-electron chi connectivity index (χ3n) is 10.7. The van der Waals surface area contributed by atoms with Gasteiger partial charge in [0, 0.05) is 32.3 Å². The van der Waals surface area contributed by atoms with Gasteiger partial charge in [0.2, 0.25) is 23.6 Å². The van der Waals surface area contributed by atoms with Crippen molar-refractivity contribution in [3.05, 3.63) is 131 Å². The number of hydrogen-bond donors (Lipinski definition) is 3. The molecule has 0 bridgehead atoms. The molecule has 0 aliphatic rings. The first kappa shape index (κ1) is 55.9. The highest BCUT2D eigenvalue weighted by Gasteiger charge is 2.41. The number of aliphatic hydroxyl groups is 1. The Morgan fingerprint density at radius 2 is 1.03 bits per heavy atom. The van der Waals surface area contributed by atoms with Crippen LogP contribution in [0.4, 0.5) is 49.1 Å². The van der Waals surface area contributed by atoms with E-state index in [-0.39, 0.29) is 40.0 Å². The Morgan fingerprint density at radius 1 is 0.634 bits per heavy atom. The zero-order chi connectivity index (χ0) is 52.3. The van der Waals surface area contributed by atoms with Crippen LogP contribution in [-0.2, 0) is 35.2 Å². The van der Waals surface area contributed by atoms with Gasteiger partial charge in [-0.1, -0.05) is 32.9 Å². The molecule has 71 heavy (non-hydrogen) atoms. The van der Waals surface area contributed by atoms with E-state index in [2.05, 4.69) is 84.4 Å². The highest BCUT2D eigenvalue weighted by atomic mass is 32.2. The van der Waals surface area contributed by atoms with Gasteiger partial charge in [0.1, 0.15) is 12.1 Å². The number of hydrogen-bond acceptors (Lipinski definition) is 16. The summed E-state index contributed by atoms with van der Waals surface area (Å²) in [7, 11) is 0.508. The number of benzene rings is 4. The molecule has 4 aromatic carbocycles. The van der Waals surface area contributed by atoms with Crippen LogP contribution in [0.5, 0.6) is 0 Å². The van der Waals surface area contributed by atoms with Crippen molar-refractivity contribution in [1.29, 1.82) is 0 Å². The number of rotatable bonds is 18. The Balaban J connectivity index is 0.000000269. The summed E-state index contributed by atoms with van der Waals surface area (Å²) in [4.78, 5) is 16.6. The standard InChI is InChI=1S/C26H31F3N4O4SSi.C20H17F3N4O4S/c1-16(36-39(7,8)25(2,3)4)22(31-18-11-14-21(30-5)20(15-18)26(27,28)29)24-33-32-23(35-24)17-9-12-19(13-10-17)38-37-34-6;1-11(28)17(25-13-6-9-16(24-2)15(10-13)20(21,22)23)19-27-26-18(30-19)12-4-7-14(8-5-12)32-31-29-3/h9-16,22,31H,1-4,6-8H3;4-11,17,25,28H,1,3H3/t16-,22-;11-,17-/m11/s1. The van der Waals surface area contributed by atoms with E-state index < -0.39 is 67.5 Å². The Hall–Kier alpha value is -6.00. The molecule has 378 valence electrons. The van der Waals surface area contributed by atoms with E-state index in [1.165, 1.54) is 33.3 Å². The summed E-state index contributed by atoms with van der Waals surface area (Å²) in [5.74, 6) is 0.537. The summed E-state index contributed by atoms with van der Waals surface area (Å²) in [6.07, 6.45) is -11.0. The van der Waals surface area contributed by atoms with Crippen LogP contribution in [0.15, 0.2) is 104 Å². The van der Waals surface area contributed by atoms with E-state index in [0.29, 0.717) is 11.1 Å². The van der Waals surface area contributed by atoms with Crippen molar-refractivity contribution >= 4 is 55.2 Å². The first-order valence-corrected chi connectivity index (χ1v) is 25.5. The molecule has 25 heteroatoms. The van der Waals surface area contributed by atoms with Gasteiger partial charge in [0.25, 0.3) is 0 Å². The first-order valence-electron chi connectivity index (χ1n) is 21.1. The molecule has 0 aliphatic carbocycles. The van der Waals surface area contributed by atoms with E-state index in [0.717, 1.165) is 58.1 Å². The molecule has 3 N–H and O–H groups in total. The maximum atomic E-state index is 13.6. The van der Waals surface area contributed by atoms with Crippen LogP contribution in [0.3, 0.4) is 0 Å². The summed E-state index contributed by atoms with van der Waals surface area (Å²) < 4.78 is 108. The predicted molar refractivity (Wildman–Crippen MR) is 255 cm³/mol. The average molecular weight is 1050 g/mol. The summed E-state index contributed by atoms with van der Waals surface area (Å²) in [5.41, 5.74) is -1.69. The number of nitrogens with zero attached hydrogens (tertiary/aromatic N) is 6. The van der Waals surface area contributed by atoms with Crippen LogP contribution in [-0.4, -0.2) is 60.2 Å². The van der Waals surface area contributed by atoms with Gasteiger partial charge in [0.15, 0.2) is 19.7 Å². The minimum atomic E-state index is -4.70. The summed E-state index contributed by atoms with van der Waals surface area (Å²) in [6.45, 7) is 27.7. The molecule has 2 heterocycles. The molecule has 0 saturated heterocycles. The van der Waals surface area contributed by atoms with Crippen molar-refractivity contribution in [2.75, 3.05) is 24.9 Å². The minimum Gasteiger partial charge on any atom is -0.418 e. The van der Waals surface area contributed by atoms with Gasteiger partial charge in [-0.05, 0) is 105 Å². The average Bonchev–Trinajstić information content (AvgIpc) is 4.02. The third-order valence-corrected chi connectivity index (χ3v) is 16.7. The number of aliphatic hydroxyl groups excluding tert-OH is 1. The number of anilines is 2. The van der Waals surface area contributed by atoms with Gasteiger partial charge in [-0.2, -0.15) is 35.0 Å². The molecule has 0 radical (unpaired) electrons. The molecule has 0 amide bonds. The lowest BCUT2D eigenvalue weighted by molar-refractivity contribution is -0.160. The molecule has 0 fully saturated rings. The Labute approximate surface area is 414 Å². The van der Waals surface area contributed by atoms with Crippen molar-refractivity contribution in [2.45, 2.75) is 99.2 Å². The van der Waals surface area contributed by atoms with Crippen LogP contribution in [0.1, 0.15) is 69.6 Å². The molecule has 0 unspecified atom stereocenters. The molecule has 4 atom stereocenters. The van der Waals surface area contributed by atoms with E-state index in [4.69, 9.17) is 35.1 Å². The topological polar surface area (TPSA) is 177 Å².